The molecule has 37 heavy (non-hydrogen) atoms. The van der Waals surface area contributed by atoms with Gasteiger partial charge in [-0.1, -0.05) is 34.1 Å². The van der Waals surface area contributed by atoms with E-state index >= 15 is 0 Å². The lowest BCUT2D eigenvalue weighted by molar-refractivity contribution is -0.203. The van der Waals surface area contributed by atoms with Crippen LogP contribution in [0.25, 0.3) is 0 Å². The summed E-state index contributed by atoms with van der Waals surface area (Å²) in [6.45, 7) is 9.59. The Labute approximate surface area is 223 Å². The summed E-state index contributed by atoms with van der Waals surface area (Å²) in [5.41, 5.74) is 0.462. The van der Waals surface area contributed by atoms with Gasteiger partial charge in [0.2, 0.25) is 11.8 Å². The van der Waals surface area contributed by atoms with Crippen molar-refractivity contribution in [3.05, 3.63) is 11.8 Å². The first kappa shape index (κ1) is 27.6. The number of aryl methyl sites for hydroxylation is 1. The van der Waals surface area contributed by atoms with E-state index < -0.39 is 9.84 Å². The zero-order chi connectivity index (χ0) is 26.8. The molecule has 0 amide bonds. The Balaban J connectivity index is 1.30. The van der Waals surface area contributed by atoms with Gasteiger partial charge in [-0.15, -0.1) is 10.2 Å². The molecule has 4 aliphatic rings. The second-order valence-electron chi connectivity index (χ2n) is 13.8. The predicted octanol–water partition coefficient (Wildman–Crippen LogP) is 4.81. The fourth-order valence-corrected chi connectivity index (χ4v) is 10.7. The Hall–Kier alpha value is -0.990. The molecule has 4 fully saturated rings. The van der Waals surface area contributed by atoms with Crippen molar-refractivity contribution in [2.75, 3.05) is 6.26 Å². The lowest BCUT2D eigenvalue weighted by Crippen LogP contribution is -2.62. The van der Waals surface area contributed by atoms with E-state index in [1.807, 2.05) is 0 Å². The van der Waals surface area contributed by atoms with Gasteiger partial charge in [-0.2, -0.15) is 0 Å². The first-order valence-corrected chi connectivity index (χ1v) is 16.8. The molecule has 4 unspecified atom stereocenters. The molecule has 1 aromatic rings. The minimum absolute atomic E-state index is 0.176. The monoisotopic (exact) mass is 536 g/mol. The molecule has 1 heterocycles. The topological polar surface area (TPSA) is 114 Å². The molecule has 0 spiro atoms. The Morgan fingerprint density at radius 1 is 1.00 bits per heavy atom. The Bertz CT molecular complexity index is 1070. The molecule has 4 aliphatic carbocycles. The summed E-state index contributed by atoms with van der Waals surface area (Å²) in [4.78, 5) is 0. The number of hydrogen-bond donors (Lipinski definition) is 2. The highest BCUT2D eigenvalue weighted by Crippen LogP contribution is 2.69. The van der Waals surface area contributed by atoms with Crippen molar-refractivity contribution in [3.63, 3.8) is 0 Å². The van der Waals surface area contributed by atoms with E-state index in [1.54, 1.807) is 0 Å². The number of aliphatic hydroxyl groups is 2. The maximum Gasteiger partial charge on any atom is 0.231 e. The van der Waals surface area contributed by atoms with Crippen LogP contribution in [0.1, 0.15) is 97.3 Å². The van der Waals surface area contributed by atoms with Crippen LogP contribution in [0.4, 0.5) is 0 Å². The largest absolute Gasteiger partial charge is 0.424 e. The van der Waals surface area contributed by atoms with Crippen LogP contribution in [0.15, 0.2) is 4.42 Å². The van der Waals surface area contributed by atoms with E-state index in [4.69, 9.17) is 4.42 Å². The van der Waals surface area contributed by atoms with Gasteiger partial charge in [-0.05, 0) is 104 Å². The lowest BCUT2D eigenvalue weighted by atomic mass is 9.41. The molecule has 11 atom stereocenters. The minimum Gasteiger partial charge on any atom is -0.424 e. The molecular formula is C29H48N2O5S. The van der Waals surface area contributed by atoms with Crippen LogP contribution < -0.4 is 0 Å². The molecular weight excluding hydrogens is 488 g/mol. The van der Waals surface area contributed by atoms with Crippen molar-refractivity contribution in [3.8, 4) is 0 Å². The first-order valence-electron chi connectivity index (χ1n) is 14.7. The van der Waals surface area contributed by atoms with Crippen LogP contribution in [0, 0.1) is 52.3 Å². The average molecular weight is 537 g/mol. The number of sulfone groups is 1. The van der Waals surface area contributed by atoms with E-state index in [0.717, 1.165) is 32.1 Å². The van der Waals surface area contributed by atoms with Crippen molar-refractivity contribution >= 4 is 9.84 Å². The summed E-state index contributed by atoms with van der Waals surface area (Å²) in [6.07, 6.45) is 11.0. The number of aliphatic hydroxyl groups excluding tert-OH is 2. The molecule has 210 valence electrons. The van der Waals surface area contributed by atoms with Crippen LogP contribution in [0.3, 0.4) is 0 Å². The highest BCUT2D eigenvalue weighted by molar-refractivity contribution is 7.89. The summed E-state index contributed by atoms with van der Waals surface area (Å²) >= 11 is 0. The van der Waals surface area contributed by atoms with Crippen LogP contribution in [-0.2, 0) is 22.0 Å². The van der Waals surface area contributed by atoms with E-state index in [1.165, 1.54) is 31.9 Å². The highest BCUT2D eigenvalue weighted by Gasteiger charge is 2.64. The third-order valence-electron chi connectivity index (χ3n) is 11.9. The van der Waals surface area contributed by atoms with Gasteiger partial charge in [0.1, 0.15) is 5.75 Å². The normalized spacial score (nSPS) is 44.6. The second-order valence-corrected chi connectivity index (χ2v) is 15.9. The smallest absolute Gasteiger partial charge is 0.231 e. The van der Waals surface area contributed by atoms with Gasteiger partial charge < -0.3 is 14.6 Å². The maximum absolute atomic E-state index is 11.9. The fraction of sp³-hybridized carbons (Fsp3) is 0.931. The summed E-state index contributed by atoms with van der Waals surface area (Å²) in [5.74, 6) is 3.79. The van der Waals surface area contributed by atoms with E-state index in [0.29, 0.717) is 53.7 Å². The summed E-state index contributed by atoms with van der Waals surface area (Å²) in [7, 11) is -3.19. The van der Waals surface area contributed by atoms with Crippen molar-refractivity contribution in [2.45, 2.75) is 110 Å². The molecule has 8 heteroatoms. The number of nitrogens with zero attached hydrogens (tertiary/aromatic N) is 2. The number of aromatic nitrogens is 2. The van der Waals surface area contributed by atoms with Gasteiger partial charge >= 0.3 is 0 Å². The molecule has 0 aliphatic heterocycles. The highest BCUT2D eigenvalue weighted by atomic mass is 32.2. The third-order valence-corrected chi connectivity index (χ3v) is 12.6. The SMILES string of the molecule is CC[C@H]1C(O)C2C3CC[C@H]([C@H](C)CCc4nnc(CS(C)(=O)=O)o4)[C@@]3(C)CCC2[C@@]2(C)CC[C@@H](O)C[C@@H]12. The average Bonchev–Trinajstić information content (AvgIpc) is 3.41. The van der Waals surface area contributed by atoms with Crippen molar-refractivity contribution in [1.29, 1.82) is 0 Å². The van der Waals surface area contributed by atoms with Gasteiger partial charge in [0.25, 0.3) is 0 Å². The molecule has 1 aromatic heterocycles. The molecule has 0 bridgehead atoms. The zero-order valence-corrected chi connectivity index (χ0v) is 24.2. The zero-order valence-electron chi connectivity index (χ0n) is 23.4. The fourth-order valence-electron chi connectivity index (χ4n) is 10.2. The van der Waals surface area contributed by atoms with E-state index in [2.05, 4.69) is 37.9 Å². The molecule has 0 aromatic carbocycles. The Kier molecular flexibility index (Phi) is 7.37. The first-order chi connectivity index (χ1) is 17.4. The summed E-state index contributed by atoms with van der Waals surface area (Å²) in [5, 5.41) is 30.4. The second kappa shape index (κ2) is 9.88. The molecule has 7 nitrogen and oxygen atoms in total. The van der Waals surface area contributed by atoms with Crippen LogP contribution in [0.2, 0.25) is 0 Å². The Morgan fingerprint density at radius 3 is 2.38 bits per heavy atom. The van der Waals surface area contributed by atoms with Crippen molar-refractivity contribution in [1.82, 2.24) is 10.2 Å². The van der Waals surface area contributed by atoms with Gasteiger partial charge in [0.15, 0.2) is 9.84 Å². The summed E-state index contributed by atoms with van der Waals surface area (Å²) < 4.78 is 28.7. The van der Waals surface area contributed by atoms with Gasteiger partial charge in [0.05, 0.1) is 12.2 Å². The summed E-state index contributed by atoms with van der Waals surface area (Å²) in [6, 6.07) is 0. The third kappa shape index (κ3) is 4.82. The maximum atomic E-state index is 11.9. The Morgan fingerprint density at radius 2 is 1.68 bits per heavy atom. The standard InChI is InChI=1S/C29H48N2O5S/c1-6-19-23-15-18(32)11-13-29(23,4)22-12-14-28(3)20(8-9-21(28)26(22)27(19)33)17(2)7-10-24-30-31-25(36-24)16-37(5,34)35/h17-23,26-27,32-33H,6-16H2,1-5H3/t17-,18-,19-,20-,21?,22?,23+,26?,27?,28-,29-/m1/s1. The molecule has 2 N–H and O–H groups in total. The molecule has 0 saturated heterocycles. The predicted molar refractivity (Wildman–Crippen MR) is 142 cm³/mol. The van der Waals surface area contributed by atoms with Crippen LogP contribution in [0.5, 0.6) is 0 Å². The number of fused-ring (bicyclic) bond motifs is 5. The van der Waals surface area contributed by atoms with Gasteiger partial charge in [-0.25, -0.2) is 8.42 Å². The van der Waals surface area contributed by atoms with Crippen LogP contribution in [-0.4, -0.2) is 47.3 Å². The van der Waals surface area contributed by atoms with E-state index in [9.17, 15) is 18.6 Å². The van der Waals surface area contributed by atoms with Gasteiger partial charge in [-0.3, -0.25) is 0 Å². The number of hydrogen-bond acceptors (Lipinski definition) is 7. The van der Waals surface area contributed by atoms with E-state index in [-0.39, 0.29) is 34.7 Å². The number of rotatable bonds is 7. The quantitative estimate of drug-likeness (QED) is 0.514. The minimum atomic E-state index is -3.19. The van der Waals surface area contributed by atoms with Crippen molar-refractivity contribution < 1.29 is 23.0 Å². The van der Waals surface area contributed by atoms with Crippen LogP contribution >= 0.6 is 0 Å². The lowest BCUT2D eigenvalue weighted by Gasteiger charge is -2.64. The van der Waals surface area contributed by atoms with Gasteiger partial charge in [0, 0.05) is 12.7 Å². The van der Waals surface area contributed by atoms with Crippen molar-refractivity contribution in [2.24, 2.45) is 52.3 Å². The molecule has 5 rings (SSSR count). The molecule has 4 saturated carbocycles. The molecule has 0 radical (unpaired) electrons.